The third kappa shape index (κ3) is 3.99. The molecule has 2 aromatic carbocycles. The van der Waals surface area contributed by atoms with E-state index in [9.17, 15) is 24.0 Å². The summed E-state index contributed by atoms with van der Waals surface area (Å²) in [6, 6.07) is 14.3. The lowest BCUT2D eigenvalue weighted by molar-refractivity contribution is -0.125. The van der Waals surface area contributed by atoms with Crippen molar-refractivity contribution in [3.8, 4) is 0 Å². The Kier molecular flexibility index (Phi) is 5.68. The molecule has 0 unspecified atom stereocenters. The molecule has 178 valence electrons. The minimum absolute atomic E-state index is 0.0838. The van der Waals surface area contributed by atoms with Crippen LogP contribution < -0.4 is 15.8 Å². The lowest BCUT2D eigenvalue weighted by Gasteiger charge is -2.19. The number of hydrogen-bond donors (Lipinski definition) is 2. The zero-order valence-electron chi connectivity index (χ0n) is 18.9. The van der Waals surface area contributed by atoms with Gasteiger partial charge in [-0.3, -0.25) is 30.0 Å². The fourth-order valence-electron chi connectivity index (χ4n) is 5.34. The van der Waals surface area contributed by atoms with Crippen LogP contribution in [0.2, 0.25) is 0 Å². The molecule has 4 amide bonds. The molecule has 0 radical (unpaired) electrons. The molecular formula is C26H23N3O6. The highest BCUT2D eigenvalue weighted by Gasteiger charge is 2.60. The number of esters is 1. The number of hydrazine groups is 1. The number of anilines is 1. The monoisotopic (exact) mass is 473 g/mol. The standard InChI is InChI=1S/C26H23N3O6/c1-14-10-17-12-19(14)22-21(17)24(32)29(25(22)33)18-9-5-8-16(11-18)26(34)35-13-20(30)27-28-23(31)15-6-3-2-4-7-15/h2-11,17,19,21-22H,12-13H2,1H3,(H,27,30)(H,28,31)/t17-,19+,21-,22+/m0/s1. The molecule has 35 heavy (non-hydrogen) atoms. The van der Waals surface area contributed by atoms with Crippen molar-refractivity contribution in [2.45, 2.75) is 13.3 Å². The van der Waals surface area contributed by atoms with Crippen molar-refractivity contribution < 1.29 is 28.7 Å². The number of nitrogens with one attached hydrogen (secondary N) is 2. The molecular weight excluding hydrogens is 450 g/mol. The lowest BCUT2D eigenvalue weighted by atomic mass is 9.82. The first-order valence-corrected chi connectivity index (χ1v) is 11.3. The highest BCUT2D eigenvalue weighted by Crippen LogP contribution is 2.55. The Bertz CT molecular complexity index is 1270. The van der Waals surface area contributed by atoms with Gasteiger partial charge in [-0.2, -0.15) is 0 Å². The van der Waals surface area contributed by atoms with Crippen molar-refractivity contribution in [2.75, 3.05) is 11.5 Å². The summed E-state index contributed by atoms with van der Waals surface area (Å²) >= 11 is 0. The number of fused-ring (bicyclic) bond motifs is 5. The summed E-state index contributed by atoms with van der Waals surface area (Å²) in [6.07, 6.45) is 2.94. The van der Waals surface area contributed by atoms with E-state index < -0.39 is 24.4 Å². The third-order valence-electron chi connectivity index (χ3n) is 6.91. The summed E-state index contributed by atoms with van der Waals surface area (Å²) in [4.78, 5) is 63.8. The second kappa shape index (κ2) is 8.83. The average Bonchev–Trinajstić information content (AvgIpc) is 3.51. The Morgan fingerprint density at radius 3 is 2.43 bits per heavy atom. The van der Waals surface area contributed by atoms with E-state index in [1.807, 2.05) is 6.92 Å². The van der Waals surface area contributed by atoms with Gasteiger partial charge in [-0.15, -0.1) is 0 Å². The predicted octanol–water partition coefficient (Wildman–Crippen LogP) is 2.01. The molecule has 0 aromatic heterocycles. The Morgan fingerprint density at radius 2 is 1.66 bits per heavy atom. The minimum atomic E-state index is -0.798. The number of amides is 4. The highest BCUT2D eigenvalue weighted by molar-refractivity contribution is 6.23. The van der Waals surface area contributed by atoms with E-state index >= 15 is 0 Å². The van der Waals surface area contributed by atoms with E-state index in [1.165, 1.54) is 17.0 Å². The number of hydrogen-bond acceptors (Lipinski definition) is 6. The topological polar surface area (TPSA) is 122 Å². The van der Waals surface area contributed by atoms with Crippen LogP contribution in [0.1, 0.15) is 34.1 Å². The summed E-state index contributed by atoms with van der Waals surface area (Å²) < 4.78 is 5.03. The van der Waals surface area contributed by atoms with Gasteiger partial charge in [-0.25, -0.2) is 9.69 Å². The maximum atomic E-state index is 13.1. The second-order valence-electron chi connectivity index (χ2n) is 8.97. The van der Waals surface area contributed by atoms with Crippen LogP contribution in [0.5, 0.6) is 0 Å². The second-order valence-corrected chi connectivity index (χ2v) is 8.97. The van der Waals surface area contributed by atoms with Crippen LogP contribution in [0.3, 0.4) is 0 Å². The van der Waals surface area contributed by atoms with Crippen molar-refractivity contribution in [3.63, 3.8) is 0 Å². The molecule has 3 aliphatic rings. The molecule has 1 aliphatic heterocycles. The van der Waals surface area contributed by atoms with Crippen LogP contribution in [0.25, 0.3) is 0 Å². The molecule has 1 saturated heterocycles. The van der Waals surface area contributed by atoms with Gasteiger partial charge in [-0.05, 0) is 55.5 Å². The minimum Gasteiger partial charge on any atom is -0.452 e. The van der Waals surface area contributed by atoms with Gasteiger partial charge in [-0.1, -0.05) is 35.9 Å². The van der Waals surface area contributed by atoms with Crippen molar-refractivity contribution >= 4 is 35.3 Å². The van der Waals surface area contributed by atoms with Crippen molar-refractivity contribution in [2.24, 2.45) is 23.7 Å². The van der Waals surface area contributed by atoms with Crippen LogP contribution in [0, 0.1) is 23.7 Å². The number of ether oxygens (including phenoxy) is 1. The molecule has 2 aliphatic carbocycles. The van der Waals surface area contributed by atoms with Crippen molar-refractivity contribution in [1.82, 2.24) is 10.9 Å². The molecule has 2 bridgehead atoms. The average molecular weight is 473 g/mol. The van der Waals surface area contributed by atoms with Gasteiger partial charge in [0.15, 0.2) is 6.61 Å². The summed E-state index contributed by atoms with van der Waals surface area (Å²) in [7, 11) is 0. The van der Waals surface area contributed by atoms with E-state index in [4.69, 9.17) is 4.74 Å². The van der Waals surface area contributed by atoms with Crippen LogP contribution in [-0.4, -0.2) is 36.2 Å². The van der Waals surface area contributed by atoms with E-state index in [-0.39, 0.29) is 41.0 Å². The molecule has 0 spiro atoms. The van der Waals surface area contributed by atoms with Crippen LogP contribution in [-0.2, 0) is 19.1 Å². The third-order valence-corrected chi connectivity index (χ3v) is 6.91. The number of allylic oxidation sites excluding steroid dienone is 2. The molecule has 2 aromatic rings. The van der Waals surface area contributed by atoms with Gasteiger partial charge in [0.2, 0.25) is 11.8 Å². The van der Waals surface area contributed by atoms with Gasteiger partial charge < -0.3 is 4.74 Å². The van der Waals surface area contributed by atoms with E-state index in [2.05, 4.69) is 16.9 Å². The quantitative estimate of drug-likeness (QED) is 0.297. The van der Waals surface area contributed by atoms with Crippen LogP contribution in [0.4, 0.5) is 5.69 Å². The molecule has 2 fully saturated rings. The summed E-state index contributed by atoms with van der Waals surface area (Å²) in [6.45, 7) is 1.37. The summed E-state index contributed by atoms with van der Waals surface area (Å²) in [5, 5.41) is 0. The number of carbonyl (C=O) groups excluding carboxylic acids is 5. The van der Waals surface area contributed by atoms with E-state index in [0.29, 0.717) is 11.3 Å². The molecule has 1 heterocycles. The Balaban J connectivity index is 1.19. The smallest absolute Gasteiger partial charge is 0.338 e. The van der Waals surface area contributed by atoms with Gasteiger partial charge in [0, 0.05) is 5.56 Å². The number of benzene rings is 2. The first-order chi connectivity index (χ1) is 16.8. The largest absolute Gasteiger partial charge is 0.452 e. The maximum Gasteiger partial charge on any atom is 0.338 e. The zero-order chi connectivity index (χ0) is 24.7. The Labute approximate surface area is 201 Å². The number of imide groups is 1. The predicted molar refractivity (Wildman–Crippen MR) is 124 cm³/mol. The first-order valence-electron chi connectivity index (χ1n) is 11.3. The SMILES string of the molecule is CC1=C[C@H]2C[C@H]1[C@H]1C(=O)N(c3cccc(C(=O)OCC(=O)NNC(=O)c4ccccc4)c3)C(=O)[C@H]12. The molecule has 5 rings (SSSR count). The Morgan fingerprint density at radius 1 is 0.943 bits per heavy atom. The van der Waals surface area contributed by atoms with Crippen LogP contribution in [0.15, 0.2) is 66.2 Å². The fourth-order valence-corrected chi connectivity index (χ4v) is 5.34. The molecule has 2 N–H and O–H groups in total. The van der Waals surface area contributed by atoms with Crippen molar-refractivity contribution in [1.29, 1.82) is 0 Å². The lowest BCUT2D eigenvalue weighted by Crippen LogP contribution is -2.43. The van der Waals surface area contributed by atoms with Crippen LogP contribution >= 0.6 is 0 Å². The molecule has 9 nitrogen and oxygen atoms in total. The summed E-state index contributed by atoms with van der Waals surface area (Å²) in [5.74, 6) is -3.02. The van der Waals surface area contributed by atoms with Gasteiger partial charge in [0.25, 0.3) is 11.8 Å². The molecule has 9 heteroatoms. The van der Waals surface area contributed by atoms with E-state index in [1.54, 1.807) is 42.5 Å². The number of nitrogens with zero attached hydrogens (tertiary/aromatic N) is 1. The van der Waals surface area contributed by atoms with Gasteiger partial charge >= 0.3 is 5.97 Å². The first kappa shape index (κ1) is 22.5. The fraction of sp³-hybridized carbons (Fsp3) is 0.269. The van der Waals surface area contributed by atoms with E-state index in [0.717, 1.165) is 12.0 Å². The number of rotatable bonds is 5. The van der Waals surface area contributed by atoms with Gasteiger partial charge in [0.1, 0.15) is 0 Å². The summed E-state index contributed by atoms with van der Waals surface area (Å²) in [5.41, 5.74) is 6.34. The van der Waals surface area contributed by atoms with Crippen molar-refractivity contribution in [3.05, 3.63) is 77.4 Å². The number of carbonyl (C=O) groups is 5. The zero-order valence-corrected chi connectivity index (χ0v) is 18.9. The highest BCUT2D eigenvalue weighted by atomic mass is 16.5. The normalized spacial score (nSPS) is 24.1. The maximum absolute atomic E-state index is 13.1. The Hall–Kier alpha value is -4.27. The molecule has 4 atom stereocenters. The van der Waals surface area contributed by atoms with Gasteiger partial charge in [0.05, 0.1) is 23.1 Å². The molecule has 1 saturated carbocycles.